The van der Waals surface area contributed by atoms with Crippen LogP contribution in [0, 0.1) is 0 Å². The van der Waals surface area contributed by atoms with Gasteiger partial charge in [-0.05, 0) is 26.6 Å². The van der Waals surface area contributed by atoms with E-state index in [4.69, 9.17) is 4.74 Å². The van der Waals surface area contributed by atoms with Gasteiger partial charge in [0.15, 0.2) is 0 Å². The molecule has 0 amide bonds. The van der Waals surface area contributed by atoms with Gasteiger partial charge in [0.2, 0.25) is 5.88 Å². The van der Waals surface area contributed by atoms with Crippen molar-refractivity contribution in [1.29, 1.82) is 0 Å². The van der Waals surface area contributed by atoms with Gasteiger partial charge in [0.1, 0.15) is 5.82 Å². The summed E-state index contributed by atoms with van der Waals surface area (Å²) in [7, 11) is 2.10. The Balaban J connectivity index is 2.38. The average Bonchev–Trinajstić information content (AvgIpc) is 2.30. The third-order valence-corrected chi connectivity index (χ3v) is 2.36. The monoisotopic (exact) mass is 223 g/mol. The van der Waals surface area contributed by atoms with Crippen molar-refractivity contribution in [3.8, 4) is 5.88 Å². The molecule has 0 aliphatic carbocycles. The second-order valence-electron chi connectivity index (χ2n) is 3.62. The smallest absolute Gasteiger partial charge is 0.215 e. The Morgan fingerprint density at radius 3 is 2.88 bits per heavy atom. The van der Waals surface area contributed by atoms with Crippen LogP contribution in [0.1, 0.15) is 13.8 Å². The summed E-state index contributed by atoms with van der Waals surface area (Å²) in [5.41, 5.74) is 0. The quantitative estimate of drug-likeness (QED) is 0.765. The van der Waals surface area contributed by atoms with E-state index in [0.29, 0.717) is 12.5 Å². The molecule has 90 valence electrons. The van der Waals surface area contributed by atoms with Crippen LogP contribution >= 0.6 is 0 Å². The normalized spacial score (nSPS) is 10.5. The molecular weight excluding hydrogens is 202 g/mol. The summed E-state index contributed by atoms with van der Waals surface area (Å²) in [5.74, 6) is 1.55. The number of anilines is 1. The Morgan fingerprint density at radius 1 is 1.38 bits per heavy atom. The summed E-state index contributed by atoms with van der Waals surface area (Å²) in [6, 6.07) is 5.77. The average molecular weight is 223 g/mol. The molecule has 0 atom stereocenters. The molecule has 1 rings (SSSR count). The fourth-order valence-electron chi connectivity index (χ4n) is 1.27. The molecule has 0 fully saturated rings. The van der Waals surface area contributed by atoms with Crippen molar-refractivity contribution in [1.82, 2.24) is 9.88 Å². The van der Waals surface area contributed by atoms with Gasteiger partial charge in [0.25, 0.3) is 0 Å². The number of rotatable bonds is 7. The molecule has 0 saturated heterocycles. The third-order valence-electron chi connectivity index (χ3n) is 2.36. The Hall–Kier alpha value is -1.29. The van der Waals surface area contributed by atoms with Gasteiger partial charge < -0.3 is 15.0 Å². The van der Waals surface area contributed by atoms with Gasteiger partial charge in [-0.1, -0.05) is 13.0 Å². The molecule has 1 aromatic heterocycles. The van der Waals surface area contributed by atoms with E-state index in [2.05, 4.69) is 29.2 Å². The Bertz CT molecular complexity index is 304. The van der Waals surface area contributed by atoms with Crippen LogP contribution < -0.4 is 10.1 Å². The SMILES string of the molecule is CCOc1cccc(NCCN(C)CC)n1. The van der Waals surface area contributed by atoms with Crippen LogP contribution in [0.2, 0.25) is 0 Å². The summed E-state index contributed by atoms with van der Waals surface area (Å²) in [6.45, 7) is 7.72. The number of likely N-dealkylation sites (N-methyl/N-ethyl adjacent to an activating group) is 1. The molecule has 1 aromatic rings. The molecule has 1 heterocycles. The molecule has 0 radical (unpaired) electrons. The maximum atomic E-state index is 5.33. The van der Waals surface area contributed by atoms with Crippen LogP contribution in [-0.4, -0.2) is 43.2 Å². The minimum absolute atomic E-state index is 0.648. The lowest BCUT2D eigenvalue weighted by molar-refractivity contribution is 0.327. The van der Waals surface area contributed by atoms with E-state index < -0.39 is 0 Å². The molecule has 1 N–H and O–H groups in total. The number of pyridine rings is 1. The predicted molar refractivity (Wildman–Crippen MR) is 67.1 cm³/mol. The summed E-state index contributed by atoms with van der Waals surface area (Å²) in [5, 5.41) is 3.28. The highest BCUT2D eigenvalue weighted by molar-refractivity contribution is 5.36. The molecule has 0 saturated carbocycles. The molecule has 4 heteroatoms. The lowest BCUT2D eigenvalue weighted by Gasteiger charge is -2.14. The van der Waals surface area contributed by atoms with Gasteiger partial charge in [0, 0.05) is 19.2 Å². The second kappa shape index (κ2) is 7.06. The maximum absolute atomic E-state index is 5.33. The van der Waals surface area contributed by atoms with Gasteiger partial charge in [-0.25, -0.2) is 0 Å². The van der Waals surface area contributed by atoms with Crippen LogP contribution in [0.15, 0.2) is 18.2 Å². The zero-order chi connectivity index (χ0) is 11.8. The van der Waals surface area contributed by atoms with Gasteiger partial charge in [0.05, 0.1) is 6.61 Å². The van der Waals surface area contributed by atoms with E-state index >= 15 is 0 Å². The zero-order valence-electron chi connectivity index (χ0n) is 10.4. The standard InChI is InChI=1S/C12H21N3O/c1-4-15(3)10-9-13-11-7-6-8-12(14-11)16-5-2/h6-8H,4-5,9-10H2,1-3H3,(H,13,14). The van der Waals surface area contributed by atoms with E-state index in [0.717, 1.165) is 25.5 Å². The Morgan fingerprint density at radius 2 is 2.19 bits per heavy atom. The van der Waals surface area contributed by atoms with Gasteiger partial charge in [-0.15, -0.1) is 0 Å². The van der Waals surface area contributed by atoms with Crippen LogP contribution in [0.4, 0.5) is 5.82 Å². The molecule has 0 aliphatic rings. The van der Waals surface area contributed by atoms with Crippen LogP contribution in [0.25, 0.3) is 0 Å². The van der Waals surface area contributed by atoms with Crippen LogP contribution in [0.5, 0.6) is 5.88 Å². The fraction of sp³-hybridized carbons (Fsp3) is 0.583. The van der Waals surface area contributed by atoms with Crippen molar-refractivity contribution in [2.75, 3.05) is 38.6 Å². The minimum Gasteiger partial charge on any atom is -0.478 e. The summed E-state index contributed by atoms with van der Waals surface area (Å²) in [6.07, 6.45) is 0. The van der Waals surface area contributed by atoms with Crippen molar-refractivity contribution < 1.29 is 4.74 Å². The Kier molecular flexibility index (Phi) is 5.64. The fourth-order valence-corrected chi connectivity index (χ4v) is 1.27. The van der Waals surface area contributed by atoms with Crippen molar-refractivity contribution in [2.45, 2.75) is 13.8 Å². The maximum Gasteiger partial charge on any atom is 0.215 e. The van der Waals surface area contributed by atoms with E-state index in [-0.39, 0.29) is 0 Å². The Labute approximate surface area is 97.6 Å². The summed E-state index contributed by atoms with van der Waals surface area (Å²) < 4.78 is 5.33. The van der Waals surface area contributed by atoms with E-state index in [9.17, 15) is 0 Å². The van der Waals surface area contributed by atoms with E-state index in [1.54, 1.807) is 0 Å². The van der Waals surface area contributed by atoms with Crippen molar-refractivity contribution >= 4 is 5.82 Å². The predicted octanol–water partition coefficient (Wildman–Crippen LogP) is 1.84. The number of ether oxygens (including phenoxy) is 1. The highest BCUT2D eigenvalue weighted by Gasteiger charge is 1.98. The van der Waals surface area contributed by atoms with Crippen molar-refractivity contribution in [3.63, 3.8) is 0 Å². The molecule has 0 unspecified atom stereocenters. The van der Waals surface area contributed by atoms with Crippen molar-refractivity contribution in [3.05, 3.63) is 18.2 Å². The van der Waals surface area contributed by atoms with Gasteiger partial charge in [-0.3, -0.25) is 0 Å². The van der Waals surface area contributed by atoms with Crippen molar-refractivity contribution in [2.24, 2.45) is 0 Å². The molecule has 16 heavy (non-hydrogen) atoms. The lowest BCUT2D eigenvalue weighted by atomic mass is 10.4. The first-order valence-electron chi connectivity index (χ1n) is 5.78. The molecule has 0 bridgehead atoms. The van der Waals surface area contributed by atoms with E-state index in [1.165, 1.54) is 0 Å². The molecule has 0 spiro atoms. The molecule has 4 nitrogen and oxygen atoms in total. The highest BCUT2D eigenvalue weighted by atomic mass is 16.5. The summed E-state index contributed by atoms with van der Waals surface area (Å²) >= 11 is 0. The number of aromatic nitrogens is 1. The molecule has 0 aliphatic heterocycles. The first-order chi connectivity index (χ1) is 7.76. The molecule has 0 aromatic carbocycles. The highest BCUT2D eigenvalue weighted by Crippen LogP contribution is 2.10. The van der Waals surface area contributed by atoms with E-state index in [1.807, 2.05) is 25.1 Å². The zero-order valence-corrected chi connectivity index (χ0v) is 10.4. The second-order valence-corrected chi connectivity index (χ2v) is 3.62. The topological polar surface area (TPSA) is 37.4 Å². The number of nitrogens with one attached hydrogen (secondary N) is 1. The first kappa shape index (κ1) is 12.8. The van der Waals surface area contributed by atoms with Gasteiger partial charge >= 0.3 is 0 Å². The largest absolute Gasteiger partial charge is 0.478 e. The number of nitrogens with zero attached hydrogens (tertiary/aromatic N) is 2. The third kappa shape index (κ3) is 4.49. The molecular formula is C12H21N3O. The summed E-state index contributed by atoms with van der Waals surface area (Å²) in [4.78, 5) is 6.58. The number of hydrogen-bond donors (Lipinski definition) is 1. The first-order valence-corrected chi connectivity index (χ1v) is 5.78. The van der Waals surface area contributed by atoms with Crippen LogP contribution in [0.3, 0.4) is 0 Å². The van der Waals surface area contributed by atoms with Gasteiger partial charge in [-0.2, -0.15) is 4.98 Å². The number of hydrogen-bond acceptors (Lipinski definition) is 4. The lowest BCUT2D eigenvalue weighted by Crippen LogP contribution is -2.24. The van der Waals surface area contributed by atoms with Crippen LogP contribution in [-0.2, 0) is 0 Å². The minimum atomic E-state index is 0.648.